The maximum absolute atomic E-state index is 12.6. The highest BCUT2D eigenvalue weighted by Gasteiger charge is 2.41. The van der Waals surface area contributed by atoms with Gasteiger partial charge in [-0.25, -0.2) is 0 Å². The maximum Gasteiger partial charge on any atom is 0.262 e. The summed E-state index contributed by atoms with van der Waals surface area (Å²) in [4.78, 5) is 42.6. The Balaban J connectivity index is 1.77. The van der Waals surface area contributed by atoms with Crippen molar-refractivity contribution in [2.75, 3.05) is 0 Å². The minimum Gasteiger partial charge on any atom is -0.348 e. The normalized spacial score (nSPS) is 15.7. The van der Waals surface area contributed by atoms with Crippen LogP contribution in [0.25, 0.3) is 0 Å². The summed E-state index contributed by atoms with van der Waals surface area (Å²) in [5.41, 5.74) is 1.51. The molecule has 128 valence electrons. The highest BCUT2D eigenvalue weighted by Crippen LogP contribution is 2.27. The third-order valence-corrected chi connectivity index (χ3v) is 4.70. The van der Waals surface area contributed by atoms with E-state index in [9.17, 15) is 14.4 Å². The monoisotopic (exact) mass is 401 g/mol. The van der Waals surface area contributed by atoms with Gasteiger partial charge in [0, 0.05) is 16.9 Å². The Kier molecular flexibility index (Phi) is 4.67. The van der Waals surface area contributed by atoms with Crippen molar-refractivity contribution >= 4 is 33.7 Å². The molecule has 1 aliphatic heterocycles. The standard InChI is InChI=1S/C18H16BrN3O3/c1-10(12-5-7-20-8-6-12)21-16(23)11(2)22-17(24)14-4-3-13(19)9-15(14)18(22)25/h3-11H,1-2H3,(H,21,23). The Morgan fingerprint density at radius 2 is 1.72 bits per heavy atom. The summed E-state index contributed by atoms with van der Waals surface area (Å²) in [6.45, 7) is 3.38. The number of imide groups is 1. The maximum atomic E-state index is 12.6. The molecule has 2 heterocycles. The number of hydrogen-bond donors (Lipinski definition) is 1. The average molecular weight is 402 g/mol. The summed E-state index contributed by atoms with van der Waals surface area (Å²) in [6.07, 6.45) is 3.28. The van der Waals surface area contributed by atoms with Gasteiger partial charge in [0.2, 0.25) is 5.91 Å². The summed E-state index contributed by atoms with van der Waals surface area (Å²) in [5, 5.41) is 2.83. The van der Waals surface area contributed by atoms with Gasteiger partial charge in [-0.1, -0.05) is 15.9 Å². The molecule has 0 radical (unpaired) electrons. The molecule has 1 aliphatic rings. The van der Waals surface area contributed by atoms with Gasteiger partial charge in [-0.2, -0.15) is 0 Å². The zero-order valence-electron chi connectivity index (χ0n) is 13.7. The SMILES string of the molecule is CC(NC(=O)C(C)N1C(=O)c2ccc(Br)cc2C1=O)c1ccncc1. The number of pyridine rings is 1. The summed E-state index contributed by atoms with van der Waals surface area (Å²) >= 11 is 3.29. The lowest BCUT2D eigenvalue weighted by Crippen LogP contribution is -2.48. The first-order valence-electron chi connectivity index (χ1n) is 7.78. The van der Waals surface area contributed by atoms with Gasteiger partial charge in [-0.05, 0) is 49.7 Å². The second kappa shape index (κ2) is 6.76. The van der Waals surface area contributed by atoms with Gasteiger partial charge in [0.05, 0.1) is 17.2 Å². The van der Waals surface area contributed by atoms with Gasteiger partial charge < -0.3 is 5.32 Å². The Morgan fingerprint density at radius 3 is 2.40 bits per heavy atom. The molecule has 2 atom stereocenters. The predicted molar refractivity (Wildman–Crippen MR) is 94.9 cm³/mol. The lowest BCUT2D eigenvalue weighted by Gasteiger charge is -2.24. The van der Waals surface area contributed by atoms with Crippen molar-refractivity contribution in [3.05, 3.63) is 63.9 Å². The molecule has 1 aromatic carbocycles. The van der Waals surface area contributed by atoms with Crippen LogP contribution in [0.5, 0.6) is 0 Å². The topological polar surface area (TPSA) is 79.4 Å². The molecule has 25 heavy (non-hydrogen) atoms. The lowest BCUT2D eigenvalue weighted by atomic mass is 10.1. The second-order valence-electron chi connectivity index (χ2n) is 5.86. The molecular formula is C18H16BrN3O3. The third kappa shape index (κ3) is 3.19. The van der Waals surface area contributed by atoms with Gasteiger partial charge in [0.25, 0.3) is 11.8 Å². The van der Waals surface area contributed by atoms with Crippen molar-refractivity contribution in [1.82, 2.24) is 15.2 Å². The first-order chi connectivity index (χ1) is 11.9. The molecule has 0 saturated heterocycles. The van der Waals surface area contributed by atoms with E-state index in [0.29, 0.717) is 15.6 Å². The molecular weight excluding hydrogens is 386 g/mol. The number of rotatable bonds is 4. The van der Waals surface area contributed by atoms with Gasteiger partial charge in [-0.3, -0.25) is 24.3 Å². The van der Waals surface area contributed by atoms with E-state index >= 15 is 0 Å². The summed E-state index contributed by atoms with van der Waals surface area (Å²) < 4.78 is 0.706. The quantitative estimate of drug-likeness (QED) is 0.798. The summed E-state index contributed by atoms with van der Waals surface area (Å²) in [7, 11) is 0. The number of nitrogens with one attached hydrogen (secondary N) is 1. The van der Waals surface area contributed by atoms with Gasteiger partial charge in [-0.15, -0.1) is 0 Å². The highest BCUT2D eigenvalue weighted by atomic mass is 79.9. The fourth-order valence-electron chi connectivity index (χ4n) is 2.77. The molecule has 0 fully saturated rings. The van der Waals surface area contributed by atoms with Crippen LogP contribution in [0.4, 0.5) is 0 Å². The zero-order valence-corrected chi connectivity index (χ0v) is 15.3. The molecule has 1 aromatic heterocycles. The minimum absolute atomic E-state index is 0.262. The number of aromatic nitrogens is 1. The van der Waals surface area contributed by atoms with Crippen LogP contribution >= 0.6 is 15.9 Å². The van der Waals surface area contributed by atoms with Crippen LogP contribution in [0.3, 0.4) is 0 Å². The van der Waals surface area contributed by atoms with Gasteiger partial charge in [0.1, 0.15) is 6.04 Å². The van der Waals surface area contributed by atoms with E-state index in [2.05, 4.69) is 26.2 Å². The average Bonchev–Trinajstić information content (AvgIpc) is 2.85. The van der Waals surface area contributed by atoms with Crippen molar-refractivity contribution in [1.29, 1.82) is 0 Å². The second-order valence-corrected chi connectivity index (χ2v) is 6.77. The van der Waals surface area contributed by atoms with Crippen molar-refractivity contribution < 1.29 is 14.4 Å². The number of carbonyl (C=O) groups excluding carboxylic acids is 3. The van der Waals surface area contributed by atoms with Crippen LogP contribution in [-0.2, 0) is 4.79 Å². The molecule has 0 aliphatic carbocycles. The Hall–Kier alpha value is -2.54. The molecule has 1 N–H and O–H groups in total. The first-order valence-corrected chi connectivity index (χ1v) is 8.57. The summed E-state index contributed by atoms with van der Waals surface area (Å²) in [6, 6.07) is 7.32. The van der Waals surface area contributed by atoms with E-state index in [1.54, 1.807) is 49.6 Å². The fourth-order valence-corrected chi connectivity index (χ4v) is 3.13. The highest BCUT2D eigenvalue weighted by molar-refractivity contribution is 9.10. The number of nitrogens with zero attached hydrogens (tertiary/aromatic N) is 2. The van der Waals surface area contributed by atoms with E-state index in [0.717, 1.165) is 10.5 Å². The van der Waals surface area contributed by atoms with E-state index in [4.69, 9.17) is 0 Å². The Bertz CT molecular complexity index is 854. The molecule has 6 nitrogen and oxygen atoms in total. The van der Waals surface area contributed by atoms with E-state index in [-0.39, 0.29) is 6.04 Å². The van der Waals surface area contributed by atoms with Gasteiger partial charge in [0.15, 0.2) is 0 Å². The van der Waals surface area contributed by atoms with E-state index in [1.807, 2.05) is 6.92 Å². The van der Waals surface area contributed by atoms with Crippen LogP contribution in [-0.4, -0.2) is 33.6 Å². The molecule has 3 rings (SSSR count). The molecule has 0 saturated carbocycles. The number of benzene rings is 1. The minimum atomic E-state index is -0.907. The molecule has 3 amide bonds. The van der Waals surface area contributed by atoms with E-state index < -0.39 is 23.8 Å². The van der Waals surface area contributed by atoms with Crippen LogP contribution in [0.2, 0.25) is 0 Å². The number of amides is 3. The van der Waals surface area contributed by atoms with Crippen LogP contribution in [0.1, 0.15) is 46.2 Å². The molecule has 0 bridgehead atoms. The number of fused-ring (bicyclic) bond motifs is 1. The lowest BCUT2D eigenvalue weighted by molar-refractivity contribution is -0.125. The molecule has 7 heteroatoms. The predicted octanol–water partition coefficient (Wildman–Crippen LogP) is 2.71. The summed E-state index contributed by atoms with van der Waals surface area (Å²) in [5.74, 6) is -1.30. The van der Waals surface area contributed by atoms with Crippen LogP contribution in [0.15, 0.2) is 47.2 Å². The zero-order chi connectivity index (χ0) is 18.1. The largest absolute Gasteiger partial charge is 0.348 e. The Labute approximate surface area is 153 Å². The molecule has 2 aromatic rings. The van der Waals surface area contributed by atoms with Crippen LogP contribution < -0.4 is 5.32 Å². The van der Waals surface area contributed by atoms with Crippen molar-refractivity contribution in [3.8, 4) is 0 Å². The van der Waals surface area contributed by atoms with Gasteiger partial charge >= 0.3 is 0 Å². The van der Waals surface area contributed by atoms with Crippen molar-refractivity contribution in [2.45, 2.75) is 25.9 Å². The fraction of sp³-hybridized carbons (Fsp3) is 0.222. The third-order valence-electron chi connectivity index (χ3n) is 4.21. The van der Waals surface area contributed by atoms with Crippen molar-refractivity contribution in [2.24, 2.45) is 0 Å². The molecule has 2 unspecified atom stereocenters. The number of hydrogen-bond acceptors (Lipinski definition) is 4. The van der Waals surface area contributed by atoms with Crippen molar-refractivity contribution in [3.63, 3.8) is 0 Å². The van der Waals surface area contributed by atoms with Crippen LogP contribution in [0, 0.1) is 0 Å². The number of carbonyl (C=O) groups is 3. The first kappa shape index (κ1) is 17.3. The van der Waals surface area contributed by atoms with E-state index in [1.165, 1.54) is 0 Å². The Morgan fingerprint density at radius 1 is 1.08 bits per heavy atom. The number of halogens is 1. The smallest absolute Gasteiger partial charge is 0.262 e. The molecule has 0 spiro atoms.